The normalized spacial score (nSPS) is 28.3. The SMILES string of the molecule is CNC(=S)[C@]1(c2cccnc2)CCCC[C@H]1OC(=O)COC1CCCCO1. The van der Waals surface area contributed by atoms with Crippen LogP contribution in [0.5, 0.6) is 0 Å². The van der Waals surface area contributed by atoms with E-state index in [0.29, 0.717) is 11.6 Å². The first-order valence-corrected chi connectivity index (χ1v) is 10.1. The number of esters is 1. The maximum absolute atomic E-state index is 12.5. The molecule has 1 aliphatic carbocycles. The Labute approximate surface area is 166 Å². The summed E-state index contributed by atoms with van der Waals surface area (Å²) in [5.41, 5.74) is 0.437. The summed E-state index contributed by atoms with van der Waals surface area (Å²) >= 11 is 5.68. The molecule has 6 nitrogen and oxygen atoms in total. The van der Waals surface area contributed by atoms with Crippen LogP contribution in [0, 0.1) is 0 Å². The summed E-state index contributed by atoms with van der Waals surface area (Å²) in [7, 11) is 1.82. The van der Waals surface area contributed by atoms with E-state index in [1.807, 2.05) is 25.4 Å². The van der Waals surface area contributed by atoms with Crippen molar-refractivity contribution in [3.8, 4) is 0 Å². The number of hydrogen-bond donors (Lipinski definition) is 1. The molecule has 148 valence electrons. The van der Waals surface area contributed by atoms with Crippen molar-refractivity contribution in [1.29, 1.82) is 0 Å². The highest BCUT2D eigenvalue weighted by molar-refractivity contribution is 7.80. The highest BCUT2D eigenvalue weighted by Gasteiger charge is 2.48. The Morgan fingerprint density at radius 1 is 1.37 bits per heavy atom. The van der Waals surface area contributed by atoms with Crippen LogP contribution < -0.4 is 5.32 Å². The number of aromatic nitrogens is 1. The van der Waals surface area contributed by atoms with Crippen molar-refractivity contribution < 1.29 is 19.0 Å². The second kappa shape index (κ2) is 9.57. The Hall–Kier alpha value is -1.57. The lowest BCUT2D eigenvalue weighted by molar-refractivity contribution is -0.187. The molecule has 3 rings (SSSR count). The van der Waals surface area contributed by atoms with Gasteiger partial charge < -0.3 is 19.5 Å². The smallest absolute Gasteiger partial charge is 0.332 e. The number of likely N-dealkylation sites (N-methyl/N-ethyl adjacent to an activating group) is 1. The lowest BCUT2D eigenvalue weighted by Crippen LogP contribution is -2.54. The molecule has 0 spiro atoms. The molecule has 1 aromatic rings. The third kappa shape index (κ3) is 4.65. The molecule has 1 saturated carbocycles. The Morgan fingerprint density at radius 3 is 2.93 bits per heavy atom. The molecule has 0 aromatic carbocycles. The van der Waals surface area contributed by atoms with Gasteiger partial charge in [-0.1, -0.05) is 24.7 Å². The van der Waals surface area contributed by atoms with Gasteiger partial charge in [-0.05, 0) is 50.2 Å². The van der Waals surface area contributed by atoms with Gasteiger partial charge in [0, 0.05) is 26.0 Å². The number of nitrogens with one attached hydrogen (secondary N) is 1. The van der Waals surface area contributed by atoms with E-state index in [0.717, 1.165) is 50.5 Å². The van der Waals surface area contributed by atoms with Gasteiger partial charge in [0.2, 0.25) is 0 Å². The zero-order chi connectivity index (χ0) is 19.1. The van der Waals surface area contributed by atoms with Gasteiger partial charge in [0.1, 0.15) is 12.7 Å². The standard InChI is InChI=1S/C20H28N2O4S/c1-21-19(27)20(15-7-6-11-22-13-15)10-4-2-8-16(20)26-17(23)14-25-18-9-3-5-12-24-18/h6-7,11,13,16,18H,2-5,8-10,12,14H2,1H3,(H,21,27)/t16-,18?,20+/m1/s1. The van der Waals surface area contributed by atoms with Crippen molar-refractivity contribution in [1.82, 2.24) is 10.3 Å². The number of pyridine rings is 1. The number of carbonyl (C=O) groups is 1. The molecule has 7 heteroatoms. The fourth-order valence-corrected chi connectivity index (χ4v) is 4.42. The summed E-state index contributed by atoms with van der Waals surface area (Å²) in [6, 6.07) is 3.90. The number of hydrogen-bond acceptors (Lipinski definition) is 6. The van der Waals surface area contributed by atoms with Gasteiger partial charge in [-0.2, -0.15) is 0 Å². The van der Waals surface area contributed by atoms with Crippen LogP contribution in [0.3, 0.4) is 0 Å². The minimum atomic E-state index is -0.548. The second-order valence-corrected chi connectivity index (χ2v) is 7.53. The maximum Gasteiger partial charge on any atom is 0.332 e. The predicted octanol–water partition coefficient (Wildman–Crippen LogP) is 2.90. The minimum absolute atomic E-state index is 0.101. The average Bonchev–Trinajstić information content (AvgIpc) is 2.73. The fourth-order valence-electron chi connectivity index (χ4n) is 4.07. The van der Waals surface area contributed by atoms with Gasteiger partial charge in [-0.15, -0.1) is 0 Å². The maximum atomic E-state index is 12.5. The summed E-state index contributed by atoms with van der Waals surface area (Å²) in [6.07, 6.45) is 9.45. The topological polar surface area (TPSA) is 69.7 Å². The lowest BCUT2D eigenvalue weighted by Gasteiger charge is -2.43. The van der Waals surface area contributed by atoms with Gasteiger partial charge in [0.25, 0.3) is 0 Å². The molecule has 1 N–H and O–H groups in total. The van der Waals surface area contributed by atoms with E-state index < -0.39 is 5.41 Å². The summed E-state index contributed by atoms with van der Waals surface area (Å²) < 4.78 is 17.0. The Kier molecular flexibility index (Phi) is 7.15. The van der Waals surface area contributed by atoms with E-state index in [9.17, 15) is 4.79 Å². The number of nitrogens with zero attached hydrogens (tertiary/aromatic N) is 1. The largest absolute Gasteiger partial charge is 0.459 e. The van der Waals surface area contributed by atoms with E-state index in [1.54, 1.807) is 6.20 Å². The number of carbonyl (C=O) groups excluding carboxylic acids is 1. The molecule has 1 saturated heterocycles. The zero-order valence-corrected chi connectivity index (χ0v) is 16.6. The molecule has 1 aromatic heterocycles. The summed E-state index contributed by atoms with van der Waals surface area (Å²) in [5.74, 6) is -0.372. The monoisotopic (exact) mass is 392 g/mol. The van der Waals surface area contributed by atoms with Gasteiger partial charge in [-0.25, -0.2) is 4.79 Å². The molecule has 1 unspecified atom stereocenters. The van der Waals surface area contributed by atoms with Crippen LogP contribution in [0.4, 0.5) is 0 Å². The van der Waals surface area contributed by atoms with Gasteiger partial charge in [0.05, 0.1) is 10.4 Å². The number of rotatable bonds is 6. The molecule has 1 aliphatic heterocycles. The third-order valence-corrected chi connectivity index (χ3v) is 6.01. The molecule has 2 aliphatic rings. The van der Waals surface area contributed by atoms with Crippen molar-refractivity contribution in [2.45, 2.75) is 62.8 Å². The van der Waals surface area contributed by atoms with E-state index in [2.05, 4.69) is 10.3 Å². The van der Waals surface area contributed by atoms with Gasteiger partial charge >= 0.3 is 5.97 Å². The molecule has 3 atom stereocenters. The van der Waals surface area contributed by atoms with Crippen molar-refractivity contribution in [2.75, 3.05) is 20.3 Å². The van der Waals surface area contributed by atoms with Crippen molar-refractivity contribution >= 4 is 23.2 Å². The Morgan fingerprint density at radius 2 is 2.22 bits per heavy atom. The quantitative estimate of drug-likeness (QED) is 0.590. The van der Waals surface area contributed by atoms with Crippen LogP contribution in [0.15, 0.2) is 24.5 Å². The zero-order valence-electron chi connectivity index (χ0n) is 15.8. The first-order chi connectivity index (χ1) is 13.2. The predicted molar refractivity (Wildman–Crippen MR) is 105 cm³/mol. The van der Waals surface area contributed by atoms with Gasteiger partial charge in [0.15, 0.2) is 6.29 Å². The van der Waals surface area contributed by atoms with Crippen LogP contribution >= 0.6 is 12.2 Å². The van der Waals surface area contributed by atoms with E-state index in [4.69, 9.17) is 26.4 Å². The molecule has 0 radical (unpaired) electrons. The van der Waals surface area contributed by atoms with Crippen LogP contribution in [-0.4, -0.2) is 48.6 Å². The first-order valence-electron chi connectivity index (χ1n) is 9.72. The first kappa shape index (κ1) is 20.2. The molecule has 0 amide bonds. The third-order valence-electron chi connectivity index (χ3n) is 5.44. The average molecular weight is 393 g/mol. The van der Waals surface area contributed by atoms with Crippen molar-refractivity contribution in [3.05, 3.63) is 30.1 Å². The Balaban J connectivity index is 1.72. The Bertz CT molecular complexity index is 636. The van der Waals surface area contributed by atoms with Crippen molar-refractivity contribution in [3.63, 3.8) is 0 Å². The number of thiocarbonyl (C=S) groups is 1. The van der Waals surface area contributed by atoms with E-state index in [-0.39, 0.29) is 25.0 Å². The van der Waals surface area contributed by atoms with Crippen LogP contribution in [0.25, 0.3) is 0 Å². The molecule has 2 heterocycles. The summed E-state index contributed by atoms with van der Waals surface area (Å²) in [6.45, 7) is 0.583. The number of ether oxygens (including phenoxy) is 3. The highest BCUT2D eigenvalue weighted by Crippen LogP contribution is 2.42. The summed E-state index contributed by atoms with van der Waals surface area (Å²) in [4.78, 5) is 17.5. The lowest BCUT2D eigenvalue weighted by atomic mass is 9.67. The van der Waals surface area contributed by atoms with Crippen LogP contribution in [0.1, 0.15) is 50.5 Å². The fraction of sp³-hybridized carbons (Fsp3) is 0.650. The van der Waals surface area contributed by atoms with Crippen LogP contribution in [-0.2, 0) is 24.4 Å². The molecule has 0 bridgehead atoms. The van der Waals surface area contributed by atoms with Gasteiger partial charge in [-0.3, -0.25) is 4.98 Å². The van der Waals surface area contributed by atoms with Crippen LogP contribution in [0.2, 0.25) is 0 Å². The summed E-state index contributed by atoms with van der Waals surface area (Å²) in [5, 5.41) is 3.12. The van der Waals surface area contributed by atoms with Crippen molar-refractivity contribution in [2.24, 2.45) is 0 Å². The van der Waals surface area contributed by atoms with E-state index in [1.165, 1.54) is 0 Å². The minimum Gasteiger partial charge on any atom is -0.459 e. The highest BCUT2D eigenvalue weighted by atomic mass is 32.1. The molecular formula is C20H28N2O4S. The van der Waals surface area contributed by atoms with E-state index >= 15 is 0 Å². The second-order valence-electron chi connectivity index (χ2n) is 7.12. The molecule has 27 heavy (non-hydrogen) atoms. The molecule has 2 fully saturated rings. The molecular weight excluding hydrogens is 364 g/mol.